The van der Waals surface area contributed by atoms with Crippen LogP contribution in [0.1, 0.15) is 10.5 Å². The van der Waals surface area contributed by atoms with Crippen LogP contribution in [0.4, 0.5) is 11.5 Å². The lowest BCUT2D eigenvalue weighted by molar-refractivity contribution is 0.0933. The van der Waals surface area contributed by atoms with Crippen LogP contribution < -0.4 is 19.9 Å². The third-order valence-electron chi connectivity index (χ3n) is 5.47. The van der Waals surface area contributed by atoms with Crippen molar-refractivity contribution in [3.05, 3.63) is 54.2 Å². The van der Waals surface area contributed by atoms with Crippen LogP contribution in [0.3, 0.4) is 0 Å². The Balaban J connectivity index is 1.53. The molecule has 1 N–H and O–H groups in total. The summed E-state index contributed by atoms with van der Waals surface area (Å²) in [5.41, 5.74) is 1.49. The zero-order valence-electron chi connectivity index (χ0n) is 17.9. The van der Waals surface area contributed by atoms with Crippen molar-refractivity contribution in [2.24, 2.45) is 0 Å². The lowest BCUT2D eigenvalue weighted by Gasteiger charge is -2.37. The van der Waals surface area contributed by atoms with E-state index < -0.39 is 0 Å². The molecular weight excluding hydrogens is 394 g/mol. The molecule has 0 atom stereocenters. The summed E-state index contributed by atoms with van der Waals surface area (Å²) in [7, 11) is 3.28. The van der Waals surface area contributed by atoms with E-state index in [1.807, 2.05) is 36.4 Å². The van der Waals surface area contributed by atoms with Gasteiger partial charge in [0.2, 0.25) is 0 Å². The van der Waals surface area contributed by atoms with Gasteiger partial charge in [-0.05, 0) is 12.1 Å². The first kappa shape index (κ1) is 20.9. The Bertz CT molecular complexity index is 1050. The second kappa shape index (κ2) is 9.61. The first-order chi connectivity index (χ1) is 15.2. The Morgan fingerprint density at radius 3 is 2.45 bits per heavy atom. The Hall–Kier alpha value is -3.39. The van der Waals surface area contributed by atoms with Gasteiger partial charge >= 0.3 is 0 Å². The van der Waals surface area contributed by atoms with Gasteiger partial charge in [-0.3, -0.25) is 4.79 Å². The van der Waals surface area contributed by atoms with Crippen LogP contribution in [0.5, 0.6) is 5.75 Å². The predicted octanol–water partition coefficient (Wildman–Crippen LogP) is 2.34. The van der Waals surface area contributed by atoms with E-state index in [1.54, 1.807) is 14.2 Å². The van der Waals surface area contributed by atoms with E-state index in [-0.39, 0.29) is 5.91 Å². The summed E-state index contributed by atoms with van der Waals surface area (Å²) in [4.78, 5) is 17.1. The zero-order valence-corrected chi connectivity index (χ0v) is 17.9. The number of methoxy groups -OCH3 is 2. The molecule has 4 rings (SSSR count). The molecular formula is C23H27N5O3. The lowest BCUT2D eigenvalue weighted by atomic mass is 10.1. The molecule has 0 unspecified atom stereocenters. The van der Waals surface area contributed by atoms with Gasteiger partial charge in [-0.25, -0.2) is 0 Å². The summed E-state index contributed by atoms with van der Waals surface area (Å²) in [5.74, 6) is 1.43. The molecule has 0 spiro atoms. The quantitative estimate of drug-likeness (QED) is 0.587. The second-order valence-corrected chi connectivity index (χ2v) is 7.34. The van der Waals surface area contributed by atoms with Crippen LogP contribution >= 0.6 is 0 Å². The molecule has 8 heteroatoms. The minimum absolute atomic E-state index is 0.241. The number of carbonyl (C=O) groups is 1. The van der Waals surface area contributed by atoms with Crippen molar-refractivity contribution in [3.8, 4) is 5.75 Å². The number of anilines is 2. The largest absolute Gasteiger partial charge is 0.497 e. The third kappa shape index (κ3) is 4.54. The molecule has 162 valence electrons. The molecule has 8 nitrogen and oxygen atoms in total. The number of aromatic nitrogens is 2. The molecule has 2 aromatic carbocycles. The van der Waals surface area contributed by atoms with Gasteiger partial charge in [0.1, 0.15) is 5.75 Å². The van der Waals surface area contributed by atoms with Gasteiger partial charge in [0.05, 0.1) is 13.7 Å². The van der Waals surface area contributed by atoms with Gasteiger partial charge in [0.25, 0.3) is 5.91 Å². The van der Waals surface area contributed by atoms with Gasteiger partial charge in [-0.1, -0.05) is 30.3 Å². The van der Waals surface area contributed by atoms with E-state index in [9.17, 15) is 4.79 Å². The molecule has 31 heavy (non-hydrogen) atoms. The highest BCUT2D eigenvalue weighted by atomic mass is 16.5. The highest BCUT2D eigenvalue weighted by molar-refractivity contribution is 6.07. The van der Waals surface area contributed by atoms with Gasteiger partial charge in [0.15, 0.2) is 11.5 Å². The van der Waals surface area contributed by atoms with Gasteiger partial charge in [-0.15, -0.1) is 10.2 Å². The van der Waals surface area contributed by atoms with Crippen molar-refractivity contribution >= 4 is 28.2 Å². The molecule has 0 aliphatic carbocycles. The summed E-state index contributed by atoms with van der Waals surface area (Å²) >= 11 is 0. The summed E-state index contributed by atoms with van der Waals surface area (Å²) in [5, 5.41) is 13.3. The molecule has 0 bridgehead atoms. The number of hydrogen-bond donors (Lipinski definition) is 1. The fourth-order valence-corrected chi connectivity index (χ4v) is 3.82. The number of amides is 1. The lowest BCUT2D eigenvalue weighted by Crippen LogP contribution is -2.47. The van der Waals surface area contributed by atoms with E-state index in [0.29, 0.717) is 18.8 Å². The summed E-state index contributed by atoms with van der Waals surface area (Å²) < 4.78 is 10.3. The topological polar surface area (TPSA) is 79.8 Å². The maximum atomic E-state index is 12.6. The molecule has 0 saturated carbocycles. The highest BCUT2D eigenvalue weighted by Crippen LogP contribution is 2.28. The standard InChI is InChI=1S/C23H27N5O3/c1-30-15-10-24-23(29)21-19-8-3-4-9-20(19)22(26-25-21)28-13-11-27(12-14-28)17-6-5-7-18(16-17)31-2/h3-9,16H,10-15H2,1-2H3,(H,24,29). The number of hydrogen-bond acceptors (Lipinski definition) is 7. The van der Waals surface area contributed by atoms with Gasteiger partial charge < -0.3 is 24.6 Å². The molecule has 3 aromatic rings. The highest BCUT2D eigenvalue weighted by Gasteiger charge is 2.23. The van der Waals surface area contributed by atoms with Crippen LogP contribution in [0.15, 0.2) is 48.5 Å². The number of rotatable bonds is 7. The summed E-state index contributed by atoms with van der Waals surface area (Å²) in [6, 6.07) is 15.9. The van der Waals surface area contributed by atoms with E-state index in [0.717, 1.165) is 54.2 Å². The second-order valence-electron chi connectivity index (χ2n) is 7.34. The number of benzene rings is 2. The van der Waals surface area contributed by atoms with Crippen molar-refractivity contribution < 1.29 is 14.3 Å². The van der Waals surface area contributed by atoms with Crippen molar-refractivity contribution in [1.29, 1.82) is 0 Å². The van der Waals surface area contributed by atoms with Crippen molar-refractivity contribution in [1.82, 2.24) is 15.5 Å². The van der Waals surface area contributed by atoms with Gasteiger partial charge in [0, 0.05) is 62.4 Å². The van der Waals surface area contributed by atoms with Gasteiger partial charge in [-0.2, -0.15) is 0 Å². The van der Waals surface area contributed by atoms with Crippen LogP contribution in [0.2, 0.25) is 0 Å². The predicted molar refractivity (Wildman–Crippen MR) is 121 cm³/mol. The minimum Gasteiger partial charge on any atom is -0.497 e. The van der Waals surface area contributed by atoms with Crippen LogP contribution in [0.25, 0.3) is 10.8 Å². The Morgan fingerprint density at radius 2 is 1.71 bits per heavy atom. The van der Waals surface area contributed by atoms with Crippen LogP contribution in [-0.4, -0.2) is 69.7 Å². The van der Waals surface area contributed by atoms with Crippen LogP contribution in [-0.2, 0) is 4.74 Å². The van der Waals surface area contributed by atoms with Crippen LogP contribution in [0, 0.1) is 0 Å². The normalized spacial score (nSPS) is 14.0. The fraction of sp³-hybridized carbons (Fsp3) is 0.348. The SMILES string of the molecule is COCCNC(=O)c1nnc(N2CCN(c3cccc(OC)c3)CC2)c2ccccc12. The monoisotopic (exact) mass is 421 g/mol. The zero-order chi connectivity index (χ0) is 21.6. The molecule has 1 saturated heterocycles. The number of nitrogens with zero attached hydrogens (tertiary/aromatic N) is 4. The maximum absolute atomic E-state index is 12.6. The average Bonchev–Trinajstić information content (AvgIpc) is 2.83. The summed E-state index contributed by atoms with van der Waals surface area (Å²) in [6.45, 7) is 4.24. The molecule has 2 heterocycles. The third-order valence-corrected chi connectivity index (χ3v) is 5.47. The minimum atomic E-state index is -0.241. The van der Waals surface area contributed by atoms with E-state index in [4.69, 9.17) is 9.47 Å². The molecule has 1 amide bonds. The number of ether oxygens (including phenoxy) is 2. The number of nitrogens with one attached hydrogen (secondary N) is 1. The number of carbonyl (C=O) groups excluding carboxylic acids is 1. The van der Waals surface area contributed by atoms with Crippen molar-refractivity contribution in [2.45, 2.75) is 0 Å². The smallest absolute Gasteiger partial charge is 0.272 e. The Kier molecular flexibility index (Phi) is 6.47. The Morgan fingerprint density at radius 1 is 0.968 bits per heavy atom. The van der Waals surface area contributed by atoms with Crippen molar-refractivity contribution in [3.63, 3.8) is 0 Å². The maximum Gasteiger partial charge on any atom is 0.272 e. The average molecular weight is 422 g/mol. The molecule has 0 radical (unpaired) electrons. The molecule has 1 aliphatic rings. The fourth-order valence-electron chi connectivity index (χ4n) is 3.82. The number of fused-ring (bicyclic) bond motifs is 1. The van der Waals surface area contributed by atoms with E-state index in [2.05, 4.69) is 37.4 Å². The molecule has 1 aromatic heterocycles. The summed E-state index contributed by atoms with van der Waals surface area (Å²) in [6.07, 6.45) is 0. The first-order valence-corrected chi connectivity index (χ1v) is 10.4. The van der Waals surface area contributed by atoms with E-state index >= 15 is 0 Å². The van der Waals surface area contributed by atoms with Crippen molar-refractivity contribution in [2.75, 3.05) is 63.4 Å². The Labute approximate surface area is 181 Å². The van der Waals surface area contributed by atoms with E-state index in [1.165, 1.54) is 0 Å². The number of piperazine rings is 1. The first-order valence-electron chi connectivity index (χ1n) is 10.4. The molecule has 1 aliphatic heterocycles. The molecule has 1 fully saturated rings.